The molecule has 0 aliphatic heterocycles. The Hall–Kier alpha value is 0.0644. The van der Waals surface area contributed by atoms with Gasteiger partial charge in [-0.1, -0.05) is 0 Å². The van der Waals surface area contributed by atoms with E-state index in [1.54, 1.807) is 0 Å². The van der Waals surface area contributed by atoms with E-state index in [1.807, 2.05) is 0 Å². The van der Waals surface area contributed by atoms with Crippen molar-refractivity contribution in [1.29, 1.82) is 0 Å². The van der Waals surface area contributed by atoms with E-state index in [1.165, 1.54) is 0 Å². The van der Waals surface area contributed by atoms with E-state index in [0.29, 0.717) is 0 Å². The van der Waals surface area contributed by atoms with Crippen molar-refractivity contribution >= 4 is 0 Å². The van der Waals surface area contributed by atoms with Crippen LogP contribution >= 0.6 is 0 Å². The third kappa shape index (κ3) is 9200. The van der Waals surface area contributed by atoms with Gasteiger partial charge in [0.1, 0.15) is 0 Å². The first-order valence-corrected chi connectivity index (χ1v) is 2.33. The third-order valence-electron chi connectivity index (χ3n) is 0. The Morgan fingerprint density at radius 2 is 1.17 bits per heavy atom. The normalized spacial score (nSPS) is 4.17. The van der Waals surface area contributed by atoms with Gasteiger partial charge in [0.2, 0.25) is 0 Å². The topological polar surface area (TPSA) is 124 Å². The SMILES string of the molecule is N.N.[O]=[V](=[O])[OH]. The van der Waals surface area contributed by atoms with Crippen molar-refractivity contribution in [2.24, 2.45) is 0 Å². The van der Waals surface area contributed by atoms with Gasteiger partial charge in [-0.25, -0.2) is 0 Å². The Morgan fingerprint density at radius 3 is 1.17 bits per heavy atom. The summed E-state index contributed by atoms with van der Waals surface area (Å²) >= 11 is -3.69. The predicted octanol–water partition coefficient (Wildman–Crippen LogP) is -0.473. The average molecular weight is 134 g/mol. The fourth-order valence-electron chi connectivity index (χ4n) is 0. The minimum atomic E-state index is -3.69. The molecule has 0 amide bonds. The molecule has 0 atom stereocenters. The van der Waals surface area contributed by atoms with E-state index < -0.39 is 15.4 Å². The van der Waals surface area contributed by atoms with Gasteiger partial charge in [-0.3, -0.25) is 0 Å². The van der Waals surface area contributed by atoms with Crippen LogP contribution in [0, 0.1) is 0 Å². The molecule has 0 aromatic heterocycles. The second-order valence-corrected chi connectivity index (χ2v) is 0.981. The fourth-order valence-corrected chi connectivity index (χ4v) is 0. The first kappa shape index (κ1) is 16.6. The molecule has 7 N–H and O–H groups in total. The molecule has 5 nitrogen and oxygen atoms in total. The first-order valence-electron chi connectivity index (χ1n) is 0.565. The van der Waals surface area contributed by atoms with Crippen LogP contribution < -0.4 is 12.3 Å². The van der Waals surface area contributed by atoms with Crippen LogP contribution in [0.15, 0.2) is 0 Å². The van der Waals surface area contributed by atoms with Crippen LogP contribution in [-0.2, 0) is 22.7 Å². The summed E-state index contributed by atoms with van der Waals surface area (Å²) in [5.74, 6) is 0. The summed E-state index contributed by atoms with van der Waals surface area (Å²) in [7, 11) is 0. The van der Waals surface area contributed by atoms with Gasteiger partial charge in [-0.2, -0.15) is 0 Å². The van der Waals surface area contributed by atoms with Gasteiger partial charge < -0.3 is 12.3 Å². The summed E-state index contributed by atoms with van der Waals surface area (Å²) in [5, 5.41) is 0. The molecule has 6 heavy (non-hydrogen) atoms. The van der Waals surface area contributed by atoms with Gasteiger partial charge >= 0.3 is 26.8 Å². The molecule has 40 valence electrons. The summed E-state index contributed by atoms with van der Waals surface area (Å²) in [6.45, 7) is 0. The first-order chi connectivity index (χ1) is 1.73. The Balaban J connectivity index is -0.0000000450. The zero-order chi connectivity index (χ0) is 3.58. The number of hydrogen-bond acceptors (Lipinski definition) is 4. The van der Waals surface area contributed by atoms with Crippen molar-refractivity contribution in [3.8, 4) is 0 Å². The maximum atomic E-state index is 8.67. The Labute approximate surface area is 39.9 Å². The van der Waals surface area contributed by atoms with Gasteiger partial charge in [0.25, 0.3) is 0 Å². The van der Waals surface area contributed by atoms with E-state index in [9.17, 15) is 0 Å². The van der Waals surface area contributed by atoms with Gasteiger partial charge in [-0.15, -0.1) is 0 Å². The zero-order valence-electron chi connectivity index (χ0n) is 3.13. The molecule has 0 saturated carbocycles. The Morgan fingerprint density at radius 1 is 1.17 bits per heavy atom. The maximum absolute atomic E-state index is 8.67. The van der Waals surface area contributed by atoms with E-state index >= 15 is 0 Å². The summed E-state index contributed by atoms with van der Waals surface area (Å²) in [6.07, 6.45) is 0. The number of hydrogen-bond donors (Lipinski definition) is 3. The van der Waals surface area contributed by atoms with E-state index in [0.717, 1.165) is 0 Å². The molecule has 0 unspecified atom stereocenters. The summed E-state index contributed by atoms with van der Waals surface area (Å²) in [6, 6.07) is 0. The van der Waals surface area contributed by atoms with Crippen molar-refractivity contribution in [3.63, 3.8) is 0 Å². The number of rotatable bonds is 0. The summed E-state index contributed by atoms with van der Waals surface area (Å²) in [5.41, 5.74) is 0. The van der Waals surface area contributed by atoms with E-state index in [4.69, 9.17) is 11.4 Å². The van der Waals surface area contributed by atoms with Crippen LogP contribution in [0.4, 0.5) is 0 Å². The molecule has 0 aromatic rings. The van der Waals surface area contributed by atoms with Crippen molar-refractivity contribution in [3.05, 3.63) is 0 Å². The Bertz CT molecular complexity index is 57.2. The average Bonchev–Trinajstić information content (AvgIpc) is 0.811. The molecule has 0 aromatic carbocycles. The van der Waals surface area contributed by atoms with Gasteiger partial charge in [-0.05, 0) is 0 Å². The quantitative estimate of drug-likeness (QED) is 0.412. The van der Waals surface area contributed by atoms with Crippen LogP contribution in [0.5, 0.6) is 0 Å². The molecule has 0 bridgehead atoms. The third-order valence-corrected chi connectivity index (χ3v) is 0. The van der Waals surface area contributed by atoms with Crippen LogP contribution in [0.25, 0.3) is 0 Å². The van der Waals surface area contributed by atoms with Crippen molar-refractivity contribution < 1.29 is 26.8 Å². The molecule has 0 aliphatic rings. The molecule has 0 radical (unpaired) electrons. The minimum absolute atomic E-state index is 0. The second kappa shape index (κ2) is 8.91. The summed E-state index contributed by atoms with van der Waals surface area (Å²) < 4.78 is 24.4. The second-order valence-electron chi connectivity index (χ2n) is 0.238. The van der Waals surface area contributed by atoms with Crippen LogP contribution in [0.2, 0.25) is 0 Å². The predicted molar refractivity (Wildman–Crippen MR) is 13.6 cm³/mol. The van der Waals surface area contributed by atoms with Crippen LogP contribution in [0.3, 0.4) is 0 Å². The van der Waals surface area contributed by atoms with Crippen molar-refractivity contribution in [1.82, 2.24) is 12.3 Å². The monoisotopic (exact) mass is 134 g/mol. The molecule has 0 rings (SSSR count). The Kier molecular flexibility index (Phi) is 24.6. The van der Waals surface area contributed by atoms with Crippen LogP contribution in [0.1, 0.15) is 0 Å². The van der Waals surface area contributed by atoms with Gasteiger partial charge in [0.15, 0.2) is 0 Å². The molecular weight excluding hydrogens is 127 g/mol. The van der Waals surface area contributed by atoms with E-state index in [2.05, 4.69) is 0 Å². The fraction of sp³-hybridized carbons (Fsp3) is 0. The molecule has 0 fully saturated rings. The molecule has 6 heteroatoms. The molecular formula is H7N2O3V. The van der Waals surface area contributed by atoms with Crippen molar-refractivity contribution in [2.45, 2.75) is 0 Å². The van der Waals surface area contributed by atoms with E-state index in [-0.39, 0.29) is 12.3 Å². The van der Waals surface area contributed by atoms with Gasteiger partial charge in [0.05, 0.1) is 0 Å². The standard InChI is InChI=1S/2H3N.H2O.2O.V/h2*1H3;1H2;;;/q;;;;;+1/p-1. The zero-order valence-corrected chi connectivity index (χ0v) is 4.52. The molecule has 0 saturated heterocycles. The molecule has 0 spiro atoms. The molecule has 0 heterocycles. The van der Waals surface area contributed by atoms with Crippen LogP contribution in [-0.4, -0.2) is 4.03 Å². The molecule has 0 aliphatic carbocycles. The van der Waals surface area contributed by atoms with Gasteiger partial charge in [0, 0.05) is 0 Å². The van der Waals surface area contributed by atoms with Crippen molar-refractivity contribution in [2.75, 3.05) is 0 Å². The summed E-state index contributed by atoms with van der Waals surface area (Å²) in [4.78, 5) is 0.